The van der Waals surface area contributed by atoms with E-state index in [2.05, 4.69) is 11.0 Å². The van der Waals surface area contributed by atoms with Crippen LogP contribution in [0, 0.1) is 0 Å². The number of nitrogens with zero attached hydrogens (tertiary/aromatic N) is 2. The minimum absolute atomic E-state index is 0.0268. The van der Waals surface area contributed by atoms with E-state index >= 15 is 0 Å². The molecule has 4 nitrogen and oxygen atoms in total. The van der Waals surface area contributed by atoms with Crippen molar-refractivity contribution < 1.29 is 9.53 Å². The summed E-state index contributed by atoms with van der Waals surface area (Å²) < 4.78 is 6.80. The average Bonchev–Trinajstić information content (AvgIpc) is 3.05. The van der Waals surface area contributed by atoms with Crippen LogP contribution in [0.25, 0.3) is 10.1 Å². The lowest BCUT2D eigenvalue weighted by Crippen LogP contribution is -2.48. The number of halogens is 1. The molecule has 0 atom stereocenters. The Morgan fingerprint density at radius 1 is 1.07 bits per heavy atom. The van der Waals surface area contributed by atoms with Crippen LogP contribution in [0.3, 0.4) is 0 Å². The molecular weight excluding hydrogens is 380 g/mol. The molecule has 3 aromatic rings. The standard InChI is InChI=1S/C21H21ClN2O2S/c1-2-26-17-9-5-4-8-16(17)23-11-13-24(14-12-23)21(25)20-19(22)15-7-3-6-10-18(15)27-20/h3-10H,2,11-14H2,1H3. The summed E-state index contributed by atoms with van der Waals surface area (Å²) in [5.74, 6) is 0.922. The Balaban J connectivity index is 1.49. The second-order valence-electron chi connectivity index (χ2n) is 6.42. The first-order chi connectivity index (χ1) is 13.2. The summed E-state index contributed by atoms with van der Waals surface area (Å²) in [6.07, 6.45) is 0. The van der Waals surface area contributed by atoms with E-state index in [9.17, 15) is 4.79 Å². The molecule has 1 fully saturated rings. The predicted molar refractivity (Wildman–Crippen MR) is 113 cm³/mol. The number of carbonyl (C=O) groups excluding carboxylic acids is 1. The summed E-state index contributed by atoms with van der Waals surface area (Å²) in [4.78, 5) is 17.8. The molecule has 2 heterocycles. The molecule has 0 aliphatic carbocycles. The Hall–Kier alpha value is -2.24. The van der Waals surface area contributed by atoms with Crippen LogP contribution in [0.4, 0.5) is 5.69 Å². The summed E-state index contributed by atoms with van der Waals surface area (Å²) in [7, 11) is 0. The molecular formula is C21H21ClN2O2S. The molecule has 0 spiro atoms. The van der Waals surface area contributed by atoms with Crippen molar-refractivity contribution in [3.63, 3.8) is 0 Å². The molecule has 6 heteroatoms. The third-order valence-electron chi connectivity index (χ3n) is 4.80. The van der Waals surface area contributed by atoms with E-state index in [1.165, 1.54) is 11.3 Å². The molecule has 1 aliphatic rings. The number of carbonyl (C=O) groups is 1. The van der Waals surface area contributed by atoms with Crippen LogP contribution in [0.15, 0.2) is 48.5 Å². The van der Waals surface area contributed by atoms with Gasteiger partial charge >= 0.3 is 0 Å². The molecule has 0 saturated carbocycles. The molecule has 0 unspecified atom stereocenters. The van der Waals surface area contributed by atoms with Crippen molar-refractivity contribution in [1.82, 2.24) is 4.90 Å². The van der Waals surface area contributed by atoms with Gasteiger partial charge in [0.05, 0.1) is 17.3 Å². The Bertz CT molecular complexity index is 964. The number of amides is 1. The van der Waals surface area contributed by atoms with E-state index in [1.54, 1.807) is 0 Å². The fourth-order valence-corrected chi connectivity index (χ4v) is 4.92. The number of piperazine rings is 1. The van der Waals surface area contributed by atoms with Gasteiger partial charge in [0.25, 0.3) is 5.91 Å². The van der Waals surface area contributed by atoms with Gasteiger partial charge in [-0.2, -0.15) is 0 Å². The van der Waals surface area contributed by atoms with E-state index in [0.29, 0.717) is 29.6 Å². The highest BCUT2D eigenvalue weighted by molar-refractivity contribution is 7.21. The first kappa shape index (κ1) is 18.1. The van der Waals surface area contributed by atoms with Gasteiger partial charge in [-0.3, -0.25) is 4.79 Å². The van der Waals surface area contributed by atoms with Gasteiger partial charge in [0.15, 0.2) is 0 Å². The molecule has 140 valence electrons. The minimum Gasteiger partial charge on any atom is -0.492 e. The van der Waals surface area contributed by atoms with Crippen LogP contribution in [-0.2, 0) is 0 Å². The van der Waals surface area contributed by atoms with E-state index in [0.717, 1.165) is 34.6 Å². The first-order valence-electron chi connectivity index (χ1n) is 9.12. The molecule has 27 heavy (non-hydrogen) atoms. The van der Waals surface area contributed by atoms with Crippen molar-refractivity contribution in [3.05, 3.63) is 58.4 Å². The fraction of sp³-hybridized carbons (Fsp3) is 0.286. The molecule has 4 rings (SSSR count). The number of anilines is 1. The highest BCUT2D eigenvalue weighted by Gasteiger charge is 2.26. The van der Waals surface area contributed by atoms with Crippen LogP contribution in [-0.4, -0.2) is 43.6 Å². The van der Waals surface area contributed by atoms with Gasteiger partial charge in [0.1, 0.15) is 10.6 Å². The van der Waals surface area contributed by atoms with Crippen LogP contribution in [0.1, 0.15) is 16.6 Å². The summed E-state index contributed by atoms with van der Waals surface area (Å²) in [6.45, 7) is 5.52. The maximum atomic E-state index is 13.0. The van der Waals surface area contributed by atoms with Crippen molar-refractivity contribution in [1.29, 1.82) is 0 Å². The minimum atomic E-state index is 0.0268. The van der Waals surface area contributed by atoms with Gasteiger partial charge in [0, 0.05) is 36.3 Å². The van der Waals surface area contributed by atoms with Crippen LogP contribution in [0.2, 0.25) is 5.02 Å². The van der Waals surface area contributed by atoms with Gasteiger partial charge in [-0.25, -0.2) is 0 Å². The molecule has 0 bridgehead atoms. The van der Waals surface area contributed by atoms with Crippen molar-refractivity contribution in [3.8, 4) is 5.75 Å². The second kappa shape index (κ2) is 7.79. The quantitative estimate of drug-likeness (QED) is 0.623. The van der Waals surface area contributed by atoms with Crippen molar-refractivity contribution in [2.24, 2.45) is 0 Å². The number of fused-ring (bicyclic) bond motifs is 1. The van der Waals surface area contributed by atoms with Crippen LogP contribution in [0.5, 0.6) is 5.75 Å². The molecule has 1 saturated heterocycles. The maximum Gasteiger partial charge on any atom is 0.265 e. The van der Waals surface area contributed by atoms with Gasteiger partial charge in [-0.05, 0) is 25.1 Å². The van der Waals surface area contributed by atoms with Crippen molar-refractivity contribution >= 4 is 44.6 Å². The summed E-state index contributed by atoms with van der Waals surface area (Å²) >= 11 is 7.96. The number of para-hydroxylation sites is 2. The van der Waals surface area contributed by atoms with Crippen molar-refractivity contribution in [2.45, 2.75) is 6.92 Å². The predicted octanol–water partition coefficient (Wildman–Crippen LogP) is 4.92. The normalized spacial score (nSPS) is 14.6. The number of rotatable bonds is 4. The molecule has 0 N–H and O–H groups in total. The van der Waals surface area contributed by atoms with E-state index < -0.39 is 0 Å². The molecule has 2 aromatic carbocycles. The van der Waals surface area contributed by atoms with Crippen LogP contribution >= 0.6 is 22.9 Å². The third-order valence-corrected chi connectivity index (χ3v) is 6.47. The zero-order chi connectivity index (χ0) is 18.8. The Morgan fingerprint density at radius 2 is 1.78 bits per heavy atom. The molecule has 1 aliphatic heterocycles. The lowest BCUT2D eigenvalue weighted by Gasteiger charge is -2.36. The van der Waals surface area contributed by atoms with Gasteiger partial charge < -0.3 is 14.5 Å². The third kappa shape index (κ3) is 3.49. The lowest BCUT2D eigenvalue weighted by atomic mass is 10.2. The van der Waals surface area contributed by atoms with Gasteiger partial charge in [-0.1, -0.05) is 41.9 Å². The van der Waals surface area contributed by atoms with E-state index in [4.69, 9.17) is 16.3 Å². The summed E-state index contributed by atoms with van der Waals surface area (Å²) in [5, 5.41) is 1.53. The smallest absolute Gasteiger partial charge is 0.265 e. The summed E-state index contributed by atoms with van der Waals surface area (Å²) in [6, 6.07) is 16.0. The van der Waals surface area contributed by atoms with Crippen molar-refractivity contribution in [2.75, 3.05) is 37.7 Å². The Labute approximate surface area is 167 Å². The van der Waals surface area contributed by atoms with E-state index in [1.807, 2.05) is 54.3 Å². The number of thiophene rings is 1. The topological polar surface area (TPSA) is 32.8 Å². The largest absolute Gasteiger partial charge is 0.492 e. The fourth-order valence-electron chi connectivity index (χ4n) is 3.44. The number of hydrogen-bond donors (Lipinski definition) is 0. The zero-order valence-corrected chi connectivity index (χ0v) is 16.7. The Morgan fingerprint density at radius 3 is 2.52 bits per heavy atom. The molecule has 0 radical (unpaired) electrons. The maximum absolute atomic E-state index is 13.0. The summed E-state index contributed by atoms with van der Waals surface area (Å²) in [5.41, 5.74) is 1.09. The lowest BCUT2D eigenvalue weighted by molar-refractivity contribution is 0.0752. The second-order valence-corrected chi connectivity index (χ2v) is 7.85. The van der Waals surface area contributed by atoms with E-state index in [-0.39, 0.29) is 5.91 Å². The molecule has 1 amide bonds. The Kier molecular flexibility index (Phi) is 5.23. The highest BCUT2D eigenvalue weighted by Crippen LogP contribution is 2.36. The first-order valence-corrected chi connectivity index (χ1v) is 10.3. The van der Waals surface area contributed by atoms with Gasteiger partial charge in [0.2, 0.25) is 0 Å². The monoisotopic (exact) mass is 400 g/mol. The average molecular weight is 401 g/mol. The van der Waals surface area contributed by atoms with Gasteiger partial charge in [-0.15, -0.1) is 11.3 Å². The van der Waals surface area contributed by atoms with Crippen LogP contribution < -0.4 is 9.64 Å². The number of ether oxygens (including phenoxy) is 1. The highest BCUT2D eigenvalue weighted by atomic mass is 35.5. The zero-order valence-electron chi connectivity index (χ0n) is 15.2. The SMILES string of the molecule is CCOc1ccccc1N1CCN(C(=O)c2sc3ccccc3c2Cl)CC1. The molecule has 1 aromatic heterocycles. The number of hydrogen-bond acceptors (Lipinski definition) is 4. The number of benzene rings is 2.